The third-order valence-corrected chi connectivity index (χ3v) is 3.99. The first kappa shape index (κ1) is 17.3. The molecule has 2 rings (SSSR count). The minimum atomic E-state index is -2.20. The van der Waals surface area contributed by atoms with E-state index in [0.717, 1.165) is 13.2 Å². The van der Waals surface area contributed by atoms with E-state index in [9.17, 15) is 19.1 Å². The van der Waals surface area contributed by atoms with Crippen LogP contribution >= 0.6 is 0 Å². The van der Waals surface area contributed by atoms with Crippen LogP contribution in [0.3, 0.4) is 0 Å². The predicted octanol–water partition coefficient (Wildman–Crippen LogP) is 0.940. The number of anilines is 1. The molecule has 1 atom stereocenters. The number of carbonyl (C=O) groups excluding carboxylic acids is 1. The van der Waals surface area contributed by atoms with Crippen LogP contribution in [0, 0.1) is 10.1 Å². The summed E-state index contributed by atoms with van der Waals surface area (Å²) in [6, 6.07) is 2.50. The average molecular weight is 344 g/mol. The Balaban J connectivity index is 2.57. The molecule has 10 heteroatoms. The van der Waals surface area contributed by atoms with Gasteiger partial charge in [0.2, 0.25) is 0 Å². The second kappa shape index (κ2) is 7.49. The normalized spacial score (nSPS) is 16.0. The van der Waals surface area contributed by atoms with Crippen LogP contribution in [0.2, 0.25) is 0 Å². The molecule has 1 unspecified atom stereocenters. The van der Waals surface area contributed by atoms with Gasteiger partial charge < -0.3 is 18.9 Å². The van der Waals surface area contributed by atoms with Gasteiger partial charge in [-0.05, 0) is 11.6 Å². The molecule has 0 aromatic heterocycles. The van der Waals surface area contributed by atoms with Crippen molar-refractivity contribution in [3.05, 3.63) is 33.4 Å². The Morgan fingerprint density at radius 3 is 2.65 bits per heavy atom. The molecule has 0 saturated carbocycles. The van der Waals surface area contributed by atoms with E-state index in [2.05, 4.69) is 4.74 Å². The van der Waals surface area contributed by atoms with Gasteiger partial charge in [-0.3, -0.25) is 10.1 Å². The van der Waals surface area contributed by atoms with Gasteiger partial charge in [-0.15, -0.1) is 0 Å². The zero-order chi connectivity index (χ0) is 17.0. The number of nitro groups is 1. The molecule has 1 aliphatic rings. The molecular weight excluding hydrogens is 328 g/mol. The summed E-state index contributed by atoms with van der Waals surface area (Å²) in [5.41, 5.74) is 0.189. The first-order valence-corrected chi connectivity index (χ1v) is 8.01. The third-order valence-electron chi connectivity index (χ3n) is 3.43. The van der Waals surface area contributed by atoms with Crippen LogP contribution in [0.1, 0.15) is 15.9 Å². The zero-order valence-electron chi connectivity index (χ0n) is 12.4. The first-order valence-electron chi connectivity index (χ1n) is 6.73. The van der Waals surface area contributed by atoms with E-state index in [-0.39, 0.29) is 22.6 Å². The molecule has 0 radical (unpaired) electrons. The molecular formula is C13H16N2O7S. The van der Waals surface area contributed by atoms with Crippen LogP contribution in [-0.4, -0.2) is 53.1 Å². The molecule has 1 fully saturated rings. The topological polar surface area (TPSA) is 119 Å². The molecule has 1 heterocycles. The lowest BCUT2D eigenvalue weighted by molar-refractivity contribution is -0.384. The van der Waals surface area contributed by atoms with Crippen molar-refractivity contribution in [2.75, 3.05) is 38.3 Å². The van der Waals surface area contributed by atoms with Gasteiger partial charge in [-0.2, -0.15) is 0 Å². The SMILES string of the molecule is COC(=O)c1cc([N+](=O)[O-])c(N2CCOCC2)cc1CS(=O)O. The number of benzene rings is 1. The monoisotopic (exact) mass is 344 g/mol. The molecule has 0 spiro atoms. The predicted molar refractivity (Wildman–Crippen MR) is 81.9 cm³/mol. The number of nitro benzene ring substituents is 1. The van der Waals surface area contributed by atoms with Crippen LogP contribution in [0.25, 0.3) is 0 Å². The number of hydrogen-bond acceptors (Lipinski definition) is 7. The van der Waals surface area contributed by atoms with E-state index in [4.69, 9.17) is 9.29 Å². The van der Waals surface area contributed by atoms with E-state index in [1.807, 2.05) is 0 Å². The fourth-order valence-corrected chi connectivity index (χ4v) is 2.88. The molecule has 1 aliphatic heterocycles. The molecule has 9 nitrogen and oxygen atoms in total. The van der Waals surface area contributed by atoms with E-state index in [1.54, 1.807) is 4.90 Å². The summed E-state index contributed by atoms with van der Waals surface area (Å²) in [6.07, 6.45) is 0. The number of esters is 1. The Kier molecular flexibility index (Phi) is 5.64. The smallest absolute Gasteiger partial charge is 0.338 e. The van der Waals surface area contributed by atoms with E-state index < -0.39 is 22.0 Å². The van der Waals surface area contributed by atoms with Crippen molar-refractivity contribution < 1.29 is 28.0 Å². The summed E-state index contributed by atoms with van der Waals surface area (Å²) < 4.78 is 30.1. The molecule has 1 N–H and O–H groups in total. The standard InChI is InChI=1S/C13H16N2O7S/c1-21-13(16)10-7-12(15(17)18)11(6-9(10)8-23(19)20)14-2-4-22-5-3-14/h6-7H,2-5,8H2,1H3,(H,19,20). The fourth-order valence-electron chi connectivity index (χ4n) is 2.38. The molecule has 0 amide bonds. The maximum atomic E-state index is 11.8. The summed E-state index contributed by atoms with van der Waals surface area (Å²) in [5.74, 6) is -1.11. The molecule has 126 valence electrons. The van der Waals surface area contributed by atoms with Crippen molar-refractivity contribution in [1.29, 1.82) is 0 Å². The largest absolute Gasteiger partial charge is 0.465 e. The third kappa shape index (κ3) is 4.03. The number of carbonyl (C=O) groups is 1. The molecule has 1 aromatic carbocycles. The lowest BCUT2D eigenvalue weighted by atomic mass is 10.1. The Bertz CT molecular complexity index is 643. The van der Waals surface area contributed by atoms with Gasteiger partial charge in [0.05, 0.1) is 36.6 Å². The fraction of sp³-hybridized carbons (Fsp3) is 0.462. The second-order valence-corrected chi connectivity index (χ2v) is 5.74. The molecule has 0 aliphatic carbocycles. The van der Waals surface area contributed by atoms with Crippen molar-refractivity contribution in [3.8, 4) is 0 Å². The van der Waals surface area contributed by atoms with Crippen molar-refractivity contribution in [2.45, 2.75) is 5.75 Å². The van der Waals surface area contributed by atoms with E-state index >= 15 is 0 Å². The van der Waals surface area contributed by atoms with Gasteiger partial charge >= 0.3 is 5.97 Å². The number of hydrogen-bond donors (Lipinski definition) is 1. The number of morpholine rings is 1. The molecule has 1 saturated heterocycles. The average Bonchev–Trinajstić information content (AvgIpc) is 2.53. The minimum absolute atomic E-state index is 0.0846. The lowest BCUT2D eigenvalue weighted by Crippen LogP contribution is -2.36. The second-order valence-electron chi connectivity index (χ2n) is 4.81. The molecule has 0 bridgehead atoms. The summed E-state index contributed by atoms with van der Waals surface area (Å²) in [5, 5.41) is 11.3. The number of methoxy groups -OCH3 is 1. The number of nitrogens with zero attached hydrogens (tertiary/aromatic N) is 2. The van der Waals surface area contributed by atoms with E-state index in [1.165, 1.54) is 6.07 Å². The van der Waals surface area contributed by atoms with Crippen LogP contribution in [-0.2, 0) is 26.3 Å². The summed E-state index contributed by atoms with van der Waals surface area (Å²) in [6.45, 7) is 1.77. The highest BCUT2D eigenvalue weighted by atomic mass is 32.2. The highest BCUT2D eigenvalue weighted by Gasteiger charge is 2.27. The van der Waals surface area contributed by atoms with Gasteiger partial charge in [0, 0.05) is 19.2 Å². The Hall–Kier alpha value is -2.04. The zero-order valence-corrected chi connectivity index (χ0v) is 13.2. The maximum absolute atomic E-state index is 11.8. The summed E-state index contributed by atoms with van der Waals surface area (Å²) in [4.78, 5) is 24.3. The Labute approximate surface area is 134 Å². The van der Waals surface area contributed by atoms with Gasteiger partial charge in [-0.25, -0.2) is 9.00 Å². The number of ether oxygens (including phenoxy) is 2. The van der Waals surface area contributed by atoms with Crippen molar-refractivity contribution in [3.63, 3.8) is 0 Å². The lowest BCUT2D eigenvalue weighted by Gasteiger charge is -2.29. The van der Waals surface area contributed by atoms with Crippen molar-refractivity contribution in [2.24, 2.45) is 0 Å². The van der Waals surface area contributed by atoms with Crippen LogP contribution < -0.4 is 4.90 Å². The highest BCUT2D eigenvalue weighted by molar-refractivity contribution is 7.78. The number of rotatable bonds is 5. The molecule has 1 aromatic rings. The Morgan fingerprint density at radius 2 is 2.13 bits per heavy atom. The highest BCUT2D eigenvalue weighted by Crippen LogP contribution is 2.33. The van der Waals surface area contributed by atoms with Gasteiger partial charge in [-0.1, -0.05) is 0 Å². The minimum Gasteiger partial charge on any atom is -0.465 e. The molecule has 23 heavy (non-hydrogen) atoms. The maximum Gasteiger partial charge on any atom is 0.338 e. The summed E-state index contributed by atoms with van der Waals surface area (Å²) >= 11 is -2.20. The van der Waals surface area contributed by atoms with Gasteiger partial charge in [0.1, 0.15) is 5.69 Å². The van der Waals surface area contributed by atoms with Crippen LogP contribution in [0.4, 0.5) is 11.4 Å². The van der Waals surface area contributed by atoms with Gasteiger partial charge in [0.15, 0.2) is 11.1 Å². The summed E-state index contributed by atoms with van der Waals surface area (Å²) in [7, 11) is 1.14. The van der Waals surface area contributed by atoms with Crippen molar-refractivity contribution >= 4 is 28.4 Å². The Morgan fingerprint density at radius 1 is 1.48 bits per heavy atom. The van der Waals surface area contributed by atoms with Crippen LogP contribution in [0.15, 0.2) is 12.1 Å². The first-order chi connectivity index (χ1) is 10.9. The van der Waals surface area contributed by atoms with Crippen LogP contribution in [0.5, 0.6) is 0 Å². The van der Waals surface area contributed by atoms with Gasteiger partial charge in [0.25, 0.3) is 5.69 Å². The quantitative estimate of drug-likeness (QED) is 0.363. The van der Waals surface area contributed by atoms with Crippen molar-refractivity contribution in [1.82, 2.24) is 0 Å². The van der Waals surface area contributed by atoms with E-state index in [0.29, 0.717) is 32.0 Å².